The first-order valence-electron chi connectivity index (χ1n) is 5.87. The van der Waals surface area contributed by atoms with Gasteiger partial charge in [-0.25, -0.2) is 0 Å². The summed E-state index contributed by atoms with van der Waals surface area (Å²) >= 11 is 5.91. The normalized spacial score (nSPS) is 20.6. The van der Waals surface area contributed by atoms with Gasteiger partial charge in [-0.2, -0.15) is 0 Å². The number of halogens is 1. The Morgan fingerprint density at radius 2 is 2.06 bits per heavy atom. The van der Waals surface area contributed by atoms with E-state index < -0.39 is 0 Å². The van der Waals surface area contributed by atoms with Gasteiger partial charge in [-0.15, -0.1) is 6.58 Å². The van der Waals surface area contributed by atoms with Crippen molar-refractivity contribution in [2.75, 3.05) is 0 Å². The number of hydrogen-bond donors (Lipinski definition) is 0. The van der Waals surface area contributed by atoms with Crippen LogP contribution in [0.15, 0.2) is 36.9 Å². The molecule has 0 bridgehead atoms. The van der Waals surface area contributed by atoms with E-state index in [1.165, 1.54) is 12.0 Å². The van der Waals surface area contributed by atoms with Crippen molar-refractivity contribution in [2.45, 2.75) is 39.5 Å². The molecule has 0 aliphatic heterocycles. The minimum absolute atomic E-state index is 0.505. The van der Waals surface area contributed by atoms with Gasteiger partial charge in [0.15, 0.2) is 0 Å². The quantitative estimate of drug-likeness (QED) is 0.600. The lowest BCUT2D eigenvalue weighted by Crippen LogP contribution is -1.88. The third-order valence-corrected chi connectivity index (χ3v) is 3.29. The highest BCUT2D eigenvalue weighted by molar-refractivity contribution is 6.30. The summed E-state index contributed by atoms with van der Waals surface area (Å²) in [5.74, 6) is 0.733. The molecule has 0 radical (unpaired) electrons. The van der Waals surface area contributed by atoms with Crippen LogP contribution in [0.5, 0.6) is 0 Å². The second kappa shape index (κ2) is 5.54. The van der Waals surface area contributed by atoms with Crippen molar-refractivity contribution in [3.63, 3.8) is 0 Å². The van der Waals surface area contributed by atoms with E-state index in [1.807, 2.05) is 18.2 Å². The maximum Gasteiger partial charge on any atom is 0.0408 e. The fourth-order valence-corrected chi connectivity index (χ4v) is 1.96. The summed E-state index contributed by atoms with van der Waals surface area (Å²) in [6.45, 7) is 10.1. The molecule has 0 N–H and O–H groups in total. The average Bonchev–Trinajstić information content (AvgIpc) is 2.88. The van der Waals surface area contributed by atoms with Gasteiger partial charge in [0.05, 0.1) is 0 Å². The maximum absolute atomic E-state index is 5.91. The van der Waals surface area contributed by atoms with Gasteiger partial charge in [0.1, 0.15) is 0 Å². The molecule has 88 valence electrons. The van der Waals surface area contributed by atoms with Crippen molar-refractivity contribution in [3.8, 4) is 0 Å². The Bertz CT molecular complexity index is 352. The standard InChI is InChI=1S/C11H13Cl.C4H8/c1-11(2)7-10(11)8-4-3-5-9(12)6-8;1-3-4-2/h3-6,10H,7H2,1-2H3;3H,1,4H2,2H3. The fourth-order valence-electron chi connectivity index (χ4n) is 1.76. The van der Waals surface area contributed by atoms with E-state index in [9.17, 15) is 0 Å². The van der Waals surface area contributed by atoms with E-state index >= 15 is 0 Å². The number of rotatable bonds is 2. The van der Waals surface area contributed by atoms with Crippen LogP contribution in [0.2, 0.25) is 5.02 Å². The van der Waals surface area contributed by atoms with Crippen LogP contribution in [0, 0.1) is 5.41 Å². The molecule has 1 fully saturated rings. The molecule has 0 amide bonds. The van der Waals surface area contributed by atoms with Gasteiger partial charge >= 0.3 is 0 Å². The third-order valence-electron chi connectivity index (χ3n) is 3.05. The molecule has 0 aromatic heterocycles. The maximum atomic E-state index is 5.91. The Hall–Kier alpha value is -0.750. The van der Waals surface area contributed by atoms with Crippen molar-refractivity contribution in [1.82, 2.24) is 0 Å². The van der Waals surface area contributed by atoms with E-state index in [-0.39, 0.29) is 0 Å². The Morgan fingerprint density at radius 1 is 1.50 bits per heavy atom. The molecule has 0 spiro atoms. The van der Waals surface area contributed by atoms with Gasteiger partial charge in [0.25, 0.3) is 0 Å². The third kappa shape index (κ3) is 3.68. The predicted molar refractivity (Wildman–Crippen MR) is 73.1 cm³/mol. The summed E-state index contributed by atoms with van der Waals surface area (Å²) in [5.41, 5.74) is 1.90. The summed E-state index contributed by atoms with van der Waals surface area (Å²) in [6, 6.07) is 8.22. The summed E-state index contributed by atoms with van der Waals surface area (Å²) in [4.78, 5) is 0. The topological polar surface area (TPSA) is 0 Å². The smallest absolute Gasteiger partial charge is 0.0408 e. The first-order chi connectivity index (χ1) is 7.51. The van der Waals surface area contributed by atoms with Gasteiger partial charge < -0.3 is 0 Å². The highest BCUT2D eigenvalue weighted by Gasteiger charge is 2.46. The van der Waals surface area contributed by atoms with Gasteiger partial charge in [-0.1, -0.05) is 50.6 Å². The largest absolute Gasteiger partial charge is 0.103 e. The van der Waals surface area contributed by atoms with E-state index in [0.717, 1.165) is 17.4 Å². The van der Waals surface area contributed by atoms with Gasteiger partial charge in [0.2, 0.25) is 0 Å². The monoisotopic (exact) mass is 236 g/mol. The van der Waals surface area contributed by atoms with Gasteiger partial charge in [0, 0.05) is 5.02 Å². The van der Waals surface area contributed by atoms with E-state index in [4.69, 9.17) is 11.6 Å². The minimum atomic E-state index is 0.505. The van der Waals surface area contributed by atoms with Crippen LogP contribution in [0.25, 0.3) is 0 Å². The number of hydrogen-bond acceptors (Lipinski definition) is 0. The van der Waals surface area contributed by atoms with E-state index in [2.05, 4.69) is 39.5 Å². The molecule has 0 heterocycles. The van der Waals surface area contributed by atoms with Crippen molar-refractivity contribution in [3.05, 3.63) is 47.5 Å². The van der Waals surface area contributed by atoms with Crippen molar-refractivity contribution in [1.29, 1.82) is 0 Å². The SMILES string of the molecule is C=CCC.CC1(C)CC1c1cccc(Cl)c1. The summed E-state index contributed by atoms with van der Waals surface area (Å²) in [5, 5.41) is 0.857. The molecule has 1 aliphatic rings. The first kappa shape index (κ1) is 13.3. The van der Waals surface area contributed by atoms with Crippen LogP contribution in [0.3, 0.4) is 0 Å². The minimum Gasteiger partial charge on any atom is -0.103 e. The molecule has 1 saturated carbocycles. The first-order valence-corrected chi connectivity index (χ1v) is 6.25. The Labute approximate surface area is 104 Å². The molecule has 1 atom stereocenters. The molecule has 2 rings (SSSR count). The molecular formula is C15H21Cl. The molecule has 1 aliphatic carbocycles. The van der Waals surface area contributed by atoms with Gasteiger partial charge in [-0.05, 0) is 41.9 Å². The van der Waals surface area contributed by atoms with Crippen LogP contribution >= 0.6 is 11.6 Å². The van der Waals surface area contributed by atoms with E-state index in [0.29, 0.717) is 5.41 Å². The highest BCUT2D eigenvalue weighted by atomic mass is 35.5. The molecule has 1 unspecified atom stereocenters. The molecule has 1 aromatic carbocycles. The van der Waals surface area contributed by atoms with Crippen LogP contribution < -0.4 is 0 Å². The van der Waals surface area contributed by atoms with Crippen molar-refractivity contribution in [2.24, 2.45) is 5.41 Å². The Balaban J connectivity index is 0.000000280. The fraction of sp³-hybridized carbons (Fsp3) is 0.467. The average molecular weight is 237 g/mol. The summed E-state index contributed by atoms with van der Waals surface area (Å²) in [7, 11) is 0. The van der Waals surface area contributed by atoms with Crippen LogP contribution in [-0.4, -0.2) is 0 Å². The molecular weight excluding hydrogens is 216 g/mol. The second-order valence-electron chi connectivity index (χ2n) is 5.00. The molecule has 1 heteroatoms. The number of benzene rings is 1. The van der Waals surface area contributed by atoms with Crippen molar-refractivity contribution >= 4 is 11.6 Å². The zero-order valence-electron chi connectivity index (χ0n) is 10.5. The molecule has 0 nitrogen and oxygen atoms in total. The van der Waals surface area contributed by atoms with Crippen molar-refractivity contribution < 1.29 is 0 Å². The zero-order chi connectivity index (χ0) is 12.2. The van der Waals surface area contributed by atoms with Gasteiger partial charge in [-0.3, -0.25) is 0 Å². The summed E-state index contributed by atoms with van der Waals surface area (Å²) < 4.78 is 0. The Morgan fingerprint density at radius 3 is 2.44 bits per heavy atom. The molecule has 1 aromatic rings. The van der Waals surface area contributed by atoms with E-state index in [1.54, 1.807) is 0 Å². The van der Waals surface area contributed by atoms with Crippen LogP contribution in [-0.2, 0) is 0 Å². The highest BCUT2D eigenvalue weighted by Crippen LogP contribution is 2.58. The lowest BCUT2D eigenvalue weighted by atomic mass is 10.0. The van der Waals surface area contributed by atoms with Crippen LogP contribution in [0.1, 0.15) is 45.1 Å². The molecule has 0 saturated heterocycles. The zero-order valence-corrected chi connectivity index (χ0v) is 11.2. The number of allylic oxidation sites excluding steroid dienone is 1. The van der Waals surface area contributed by atoms with Crippen LogP contribution in [0.4, 0.5) is 0 Å². The lowest BCUT2D eigenvalue weighted by Gasteiger charge is -2.03. The second-order valence-corrected chi connectivity index (χ2v) is 5.43. The predicted octanol–water partition coefficient (Wildman–Crippen LogP) is 5.44. The lowest BCUT2D eigenvalue weighted by molar-refractivity contribution is 0.622. The molecule has 16 heavy (non-hydrogen) atoms. The Kier molecular flexibility index (Phi) is 4.61. The summed E-state index contributed by atoms with van der Waals surface area (Å²) in [6.07, 6.45) is 4.26.